The third-order valence-corrected chi connectivity index (χ3v) is 2.20. The highest BCUT2D eigenvalue weighted by atomic mass is 16.4. The number of rotatable bonds is 1. The number of aliphatic carboxylic acids is 1. The smallest absolute Gasteiger partial charge is 0.311 e. The van der Waals surface area contributed by atoms with Crippen LogP contribution in [-0.4, -0.2) is 11.1 Å². The summed E-state index contributed by atoms with van der Waals surface area (Å²) in [6.45, 7) is 2.00. The lowest BCUT2D eigenvalue weighted by Gasteiger charge is -2.23. The van der Waals surface area contributed by atoms with Crippen LogP contribution < -0.4 is 0 Å². The average Bonchev–Trinajstić information content (AvgIpc) is 1.88. The van der Waals surface area contributed by atoms with Crippen molar-refractivity contribution < 1.29 is 9.90 Å². The maximum atomic E-state index is 10.5. The van der Waals surface area contributed by atoms with E-state index in [2.05, 4.69) is 0 Å². The Morgan fingerprint density at radius 3 is 2.70 bits per heavy atom. The van der Waals surface area contributed by atoms with E-state index in [1.807, 2.05) is 6.92 Å². The van der Waals surface area contributed by atoms with Gasteiger partial charge >= 0.3 is 5.97 Å². The van der Waals surface area contributed by atoms with E-state index in [-0.39, 0.29) is 0 Å². The minimum atomic E-state index is -0.688. The van der Waals surface area contributed by atoms with Gasteiger partial charge in [-0.3, -0.25) is 4.79 Å². The molecule has 10 heavy (non-hydrogen) atoms. The molecule has 1 radical (unpaired) electrons. The van der Waals surface area contributed by atoms with Crippen LogP contribution in [-0.2, 0) is 4.79 Å². The van der Waals surface area contributed by atoms with E-state index in [1.165, 1.54) is 6.42 Å². The molecule has 2 nitrogen and oxygen atoms in total. The fraction of sp³-hybridized carbons (Fsp3) is 0.750. The second-order valence-corrected chi connectivity index (χ2v) is 2.98. The lowest BCUT2D eigenvalue weighted by molar-refractivity contribution is -0.136. The molecule has 1 rings (SSSR count). The molecule has 0 aromatic carbocycles. The van der Waals surface area contributed by atoms with Crippen LogP contribution in [0, 0.1) is 11.8 Å². The molecule has 1 saturated carbocycles. The van der Waals surface area contributed by atoms with Gasteiger partial charge in [-0.2, -0.15) is 0 Å². The lowest BCUT2D eigenvalue weighted by atomic mass is 9.81. The van der Waals surface area contributed by atoms with Gasteiger partial charge < -0.3 is 5.11 Å². The van der Waals surface area contributed by atoms with Crippen LogP contribution in [0.15, 0.2) is 0 Å². The van der Waals surface area contributed by atoms with E-state index in [9.17, 15) is 4.79 Å². The molecule has 0 amide bonds. The molecular formula is C8H13O2. The summed E-state index contributed by atoms with van der Waals surface area (Å²) < 4.78 is 0. The van der Waals surface area contributed by atoms with Crippen LogP contribution in [0.3, 0.4) is 0 Å². The molecule has 0 aromatic rings. The van der Waals surface area contributed by atoms with Crippen molar-refractivity contribution >= 4 is 5.97 Å². The first-order valence-corrected chi connectivity index (χ1v) is 3.81. The van der Waals surface area contributed by atoms with E-state index >= 15 is 0 Å². The number of carboxylic acids is 1. The summed E-state index contributed by atoms with van der Waals surface area (Å²) in [5.74, 6) is 0.352. The summed E-state index contributed by atoms with van der Waals surface area (Å²) in [4.78, 5) is 10.5. The standard InChI is InChI=1S/C8H13O2/c1-6-4-2-3-5-7(6)8(9)10/h6H,2-5H2,1H3,(H,9,10). The SMILES string of the molecule is CC1CCCC[C]1C(=O)O. The molecule has 57 valence electrons. The van der Waals surface area contributed by atoms with Crippen molar-refractivity contribution in [3.8, 4) is 0 Å². The van der Waals surface area contributed by atoms with Crippen LogP contribution in [0.2, 0.25) is 0 Å². The summed E-state index contributed by atoms with van der Waals surface area (Å²) in [6.07, 6.45) is 4.11. The maximum Gasteiger partial charge on any atom is 0.311 e. The Kier molecular flexibility index (Phi) is 2.30. The Hall–Kier alpha value is -0.530. The van der Waals surface area contributed by atoms with Crippen molar-refractivity contribution in [2.24, 2.45) is 5.92 Å². The Morgan fingerprint density at radius 1 is 1.60 bits per heavy atom. The van der Waals surface area contributed by atoms with E-state index in [0.29, 0.717) is 5.92 Å². The van der Waals surface area contributed by atoms with Gasteiger partial charge in [0, 0.05) is 0 Å². The van der Waals surface area contributed by atoms with Crippen LogP contribution in [0.25, 0.3) is 0 Å². The predicted molar refractivity (Wildman–Crippen MR) is 38.5 cm³/mol. The first-order valence-electron chi connectivity index (χ1n) is 3.81. The highest BCUT2D eigenvalue weighted by molar-refractivity contribution is 5.83. The fourth-order valence-corrected chi connectivity index (χ4v) is 1.50. The van der Waals surface area contributed by atoms with Crippen molar-refractivity contribution in [2.75, 3.05) is 0 Å². The second kappa shape index (κ2) is 3.04. The van der Waals surface area contributed by atoms with Crippen LogP contribution >= 0.6 is 0 Å². The summed E-state index contributed by atoms with van der Waals surface area (Å²) in [7, 11) is 0. The molecule has 0 spiro atoms. The molecule has 0 saturated heterocycles. The summed E-state index contributed by atoms with van der Waals surface area (Å²) in [5.41, 5.74) is 0. The topological polar surface area (TPSA) is 37.3 Å². The van der Waals surface area contributed by atoms with Gasteiger partial charge in [-0.15, -0.1) is 0 Å². The van der Waals surface area contributed by atoms with Crippen molar-refractivity contribution in [2.45, 2.75) is 32.6 Å². The quantitative estimate of drug-likeness (QED) is 0.605. The normalized spacial score (nSPS) is 28.3. The number of hydrogen-bond acceptors (Lipinski definition) is 1. The summed E-state index contributed by atoms with van der Waals surface area (Å²) >= 11 is 0. The zero-order valence-electron chi connectivity index (χ0n) is 6.26. The van der Waals surface area contributed by atoms with Crippen molar-refractivity contribution in [3.63, 3.8) is 0 Å². The van der Waals surface area contributed by atoms with Crippen LogP contribution in [0.1, 0.15) is 32.6 Å². The third-order valence-electron chi connectivity index (χ3n) is 2.20. The van der Waals surface area contributed by atoms with Crippen molar-refractivity contribution in [3.05, 3.63) is 5.92 Å². The molecule has 0 aliphatic heterocycles. The molecule has 0 bridgehead atoms. The minimum absolute atomic E-state index is 0.311. The number of hydrogen-bond donors (Lipinski definition) is 1. The first kappa shape index (κ1) is 7.58. The van der Waals surface area contributed by atoms with Gasteiger partial charge in [0.1, 0.15) is 0 Å². The molecule has 1 unspecified atom stereocenters. The molecule has 0 heterocycles. The third kappa shape index (κ3) is 1.49. The zero-order valence-corrected chi connectivity index (χ0v) is 6.26. The average molecular weight is 141 g/mol. The van der Waals surface area contributed by atoms with Gasteiger partial charge in [0.05, 0.1) is 5.92 Å². The molecule has 1 N–H and O–H groups in total. The molecule has 1 fully saturated rings. The fourth-order valence-electron chi connectivity index (χ4n) is 1.50. The predicted octanol–water partition coefficient (Wildman–Crippen LogP) is 1.86. The zero-order chi connectivity index (χ0) is 7.56. The first-order chi connectivity index (χ1) is 4.72. The van der Waals surface area contributed by atoms with Crippen molar-refractivity contribution in [1.82, 2.24) is 0 Å². The minimum Gasteiger partial charge on any atom is -0.481 e. The van der Waals surface area contributed by atoms with Gasteiger partial charge in [0.15, 0.2) is 0 Å². The maximum absolute atomic E-state index is 10.5. The highest BCUT2D eigenvalue weighted by Gasteiger charge is 2.27. The van der Waals surface area contributed by atoms with Crippen LogP contribution in [0.4, 0.5) is 0 Å². The van der Waals surface area contributed by atoms with E-state index in [4.69, 9.17) is 5.11 Å². The largest absolute Gasteiger partial charge is 0.481 e. The van der Waals surface area contributed by atoms with E-state index in [1.54, 1.807) is 0 Å². The Bertz CT molecular complexity index is 131. The summed E-state index contributed by atoms with van der Waals surface area (Å²) in [6, 6.07) is 0. The van der Waals surface area contributed by atoms with E-state index in [0.717, 1.165) is 25.2 Å². The van der Waals surface area contributed by atoms with Gasteiger partial charge in [0.25, 0.3) is 0 Å². The Morgan fingerprint density at radius 2 is 2.30 bits per heavy atom. The molecule has 1 aliphatic rings. The summed E-state index contributed by atoms with van der Waals surface area (Å²) in [5, 5.41) is 8.67. The number of carboxylic acid groups (broad SMARTS) is 1. The molecule has 1 atom stereocenters. The molecule has 0 aromatic heterocycles. The number of carbonyl (C=O) groups is 1. The van der Waals surface area contributed by atoms with Gasteiger partial charge in [-0.1, -0.05) is 19.8 Å². The Labute approximate surface area is 61.2 Å². The van der Waals surface area contributed by atoms with Crippen LogP contribution in [0.5, 0.6) is 0 Å². The van der Waals surface area contributed by atoms with Gasteiger partial charge in [-0.05, 0) is 18.8 Å². The molecule has 2 heteroatoms. The molecular weight excluding hydrogens is 128 g/mol. The lowest BCUT2D eigenvalue weighted by Crippen LogP contribution is -2.22. The monoisotopic (exact) mass is 141 g/mol. The Balaban J connectivity index is 2.47. The van der Waals surface area contributed by atoms with Gasteiger partial charge in [-0.25, -0.2) is 0 Å². The van der Waals surface area contributed by atoms with E-state index < -0.39 is 5.97 Å². The molecule has 1 aliphatic carbocycles. The van der Waals surface area contributed by atoms with Gasteiger partial charge in [0.2, 0.25) is 0 Å². The van der Waals surface area contributed by atoms with Crippen molar-refractivity contribution in [1.29, 1.82) is 0 Å². The second-order valence-electron chi connectivity index (χ2n) is 2.98. The highest BCUT2D eigenvalue weighted by Crippen LogP contribution is 2.31.